The Hall–Kier alpha value is -0.410. The van der Waals surface area contributed by atoms with E-state index in [2.05, 4.69) is 24.3 Å². The number of rotatable bonds is 4. The summed E-state index contributed by atoms with van der Waals surface area (Å²) < 4.78 is 4.36. The van der Waals surface area contributed by atoms with Crippen LogP contribution in [0.4, 0.5) is 0 Å². The van der Waals surface area contributed by atoms with E-state index in [1.54, 1.807) is 11.5 Å². The van der Waals surface area contributed by atoms with Gasteiger partial charge >= 0.3 is 0 Å². The quantitative estimate of drug-likeness (QED) is 0.775. The van der Waals surface area contributed by atoms with Crippen molar-refractivity contribution in [3.63, 3.8) is 0 Å². The predicted molar refractivity (Wildman–Crippen MR) is 53.4 cm³/mol. The highest BCUT2D eigenvalue weighted by molar-refractivity contribution is 7.05. The summed E-state index contributed by atoms with van der Waals surface area (Å²) in [5.74, 6) is 0.692. The van der Waals surface area contributed by atoms with Crippen LogP contribution in [0.5, 0.6) is 0 Å². The van der Waals surface area contributed by atoms with Gasteiger partial charge in [-0.05, 0) is 42.9 Å². The molecule has 0 radical (unpaired) electrons. The summed E-state index contributed by atoms with van der Waals surface area (Å²) in [6.07, 6.45) is 2.05. The van der Waals surface area contributed by atoms with E-state index in [9.17, 15) is 0 Å². The van der Waals surface area contributed by atoms with E-state index < -0.39 is 0 Å². The zero-order valence-corrected chi connectivity index (χ0v) is 8.53. The minimum atomic E-state index is 0.692. The third kappa shape index (κ3) is 2.91. The lowest BCUT2D eigenvalue weighted by Gasteiger charge is -1.98. The molecule has 0 saturated carbocycles. The smallest absolute Gasteiger partial charge is 0.0547 e. The molecule has 0 aliphatic carbocycles. The van der Waals surface area contributed by atoms with Gasteiger partial charge in [0.1, 0.15) is 0 Å². The van der Waals surface area contributed by atoms with Crippen molar-refractivity contribution < 1.29 is 0 Å². The van der Waals surface area contributed by atoms with Crippen molar-refractivity contribution >= 4 is 11.5 Å². The van der Waals surface area contributed by atoms with Gasteiger partial charge in [-0.15, -0.1) is 0 Å². The van der Waals surface area contributed by atoms with E-state index in [1.807, 2.05) is 0 Å². The standard InChI is InChI=1S/C9H16N2S/c1-7(2)5-8-6-9(3-4-10)12-11-8/h6-7H,3-5,10H2,1-2H3. The molecular weight excluding hydrogens is 168 g/mol. The molecular formula is C9H16N2S. The van der Waals surface area contributed by atoms with Gasteiger partial charge in [-0.3, -0.25) is 0 Å². The molecule has 2 N–H and O–H groups in total. The summed E-state index contributed by atoms with van der Waals surface area (Å²) in [4.78, 5) is 1.31. The van der Waals surface area contributed by atoms with Gasteiger partial charge in [0.05, 0.1) is 5.69 Å². The van der Waals surface area contributed by atoms with Crippen LogP contribution in [0, 0.1) is 5.92 Å². The first-order valence-electron chi connectivity index (χ1n) is 4.37. The lowest BCUT2D eigenvalue weighted by molar-refractivity contribution is 0.639. The summed E-state index contributed by atoms with van der Waals surface area (Å²) in [5.41, 5.74) is 6.67. The van der Waals surface area contributed by atoms with Gasteiger partial charge in [-0.25, -0.2) is 0 Å². The van der Waals surface area contributed by atoms with Crippen LogP contribution in [0.25, 0.3) is 0 Å². The number of aromatic nitrogens is 1. The van der Waals surface area contributed by atoms with Crippen molar-refractivity contribution in [1.82, 2.24) is 4.37 Å². The molecule has 0 spiro atoms. The highest BCUT2D eigenvalue weighted by atomic mass is 32.1. The molecule has 1 heterocycles. The SMILES string of the molecule is CC(C)Cc1cc(CCN)sn1. The van der Waals surface area contributed by atoms with Gasteiger partial charge < -0.3 is 5.73 Å². The summed E-state index contributed by atoms with van der Waals surface area (Å²) in [6, 6.07) is 2.18. The van der Waals surface area contributed by atoms with Gasteiger partial charge in [0.15, 0.2) is 0 Å². The van der Waals surface area contributed by atoms with Crippen LogP contribution in [0.15, 0.2) is 6.07 Å². The van der Waals surface area contributed by atoms with Crippen LogP contribution in [-0.4, -0.2) is 10.9 Å². The molecule has 0 aliphatic heterocycles. The third-order valence-corrected chi connectivity index (χ3v) is 2.50. The number of hydrogen-bond acceptors (Lipinski definition) is 3. The van der Waals surface area contributed by atoms with Crippen molar-refractivity contribution in [2.75, 3.05) is 6.54 Å². The molecule has 1 aromatic rings. The Morgan fingerprint density at radius 1 is 1.58 bits per heavy atom. The van der Waals surface area contributed by atoms with Crippen molar-refractivity contribution in [3.8, 4) is 0 Å². The van der Waals surface area contributed by atoms with Crippen LogP contribution in [-0.2, 0) is 12.8 Å². The topological polar surface area (TPSA) is 38.9 Å². The lowest BCUT2D eigenvalue weighted by Crippen LogP contribution is -2.00. The summed E-state index contributed by atoms with van der Waals surface area (Å²) in [5, 5.41) is 0. The first kappa shape index (κ1) is 9.68. The van der Waals surface area contributed by atoms with Crippen molar-refractivity contribution in [3.05, 3.63) is 16.6 Å². The van der Waals surface area contributed by atoms with Gasteiger partial charge in [-0.1, -0.05) is 13.8 Å². The predicted octanol–water partition coefficient (Wildman–Crippen LogP) is 1.84. The molecule has 0 aliphatic rings. The van der Waals surface area contributed by atoms with E-state index in [1.165, 1.54) is 10.6 Å². The zero-order chi connectivity index (χ0) is 8.97. The summed E-state index contributed by atoms with van der Waals surface area (Å²) in [7, 11) is 0. The largest absolute Gasteiger partial charge is 0.330 e. The van der Waals surface area contributed by atoms with Crippen LogP contribution >= 0.6 is 11.5 Å². The number of nitrogens with two attached hydrogens (primary N) is 1. The Kier molecular flexibility index (Phi) is 3.69. The maximum Gasteiger partial charge on any atom is 0.0547 e. The molecule has 68 valence electrons. The fourth-order valence-electron chi connectivity index (χ4n) is 1.13. The number of hydrogen-bond donors (Lipinski definition) is 1. The molecule has 3 heteroatoms. The van der Waals surface area contributed by atoms with Crippen molar-refractivity contribution in [2.45, 2.75) is 26.7 Å². The second kappa shape index (κ2) is 4.58. The maximum absolute atomic E-state index is 5.45. The molecule has 0 fully saturated rings. The molecule has 0 bridgehead atoms. The van der Waals surface area contributed by atoms with Crippen LogP contribution in [0.1, 0.15) is 24.4 Å². The van der Waals surface area contributed by atoms with E-state index in [0.29, 0.717) is 5.92 Å². The second-order valence-electron chi connectivity index (χ2n) is 3.42. The van der Waals surface area contributed by atoms with Crippen molar-refractivity contribution in [2.24, 2.45) is 11.7 Å². The van der Waals surface area contributed by atoms with Gasteiger partial charge in [-0.2, -0.15) is 4.37 Å². The summed E-state index contributed by atoms with van der Waals surface area (Å²) >= 11 is 1.59. The highest BCUT2D eigenvalue weighted by Gasteiger charge is 2.02. The van der Waals surface area contributed by atoms with Crippen molar-refractivity contribution in [1.29, 1.82) is 0 Å². The molecule has 0 unspecified atom stereocenters. The van der Waals surface area contributed by atoms with E-state index >= 15 is 0 Å². The Morgan fingerprint density at radius 2 is 2.33 bits per heavy atom. The fourth-order valence-corrected chi connectivity index (χ4v) is 1.89. The second-order valence-corrected chi connectivity index (χ2v) is 4.31. The van der Waals surface area contributed by atoms with E-state index in [-0.39, 0.29) is 0 Å². The van der Waals surface area contributed by atoms with Crippen LogP contribution < -0.4 is 5.73 Å². The highest BCUT2D eigenvalue weighted by Crippen LogP contribution is 2.13. The average Bonchev–Trinajstić information content (AvgIpc) is 2.36. The minimum absolute atomic E-state index is 0.692. The molecule has 12 heavy (non-hydrogen) atoms. The molecule has 0 amide bonds. The first-order chi connectivity index (χ1) is 5.72. The molecule has 0 aromatic carbocycles. The Labute approximate surface area is 78.0 Å². The van der Waals surface area contributed by atoms with E-state index in [4.69, 9.17) is 5.73 Å². The summed E-state index contributed by atoms with van der Waals surface area (Å²) in [6.45, 7) is 5.15. The Bertz CT molecular complexity index is 230. The molecule has 2 nitrogen and oxygen atoms in total. The first-order valence-corrected chi connectivity index (χ1v) is 5.14. The Morgan fingerprint density at radius 3 is 2.92 bits per heavy atom. The molecule has 0 atom stereocenters. The normalized spacial score (nSPS) is 11.0. The maximum atomic E-state index is 5.45. The molecule has 0 saturated heterocycles. The van der Waals surface area contributed by atoms with Gasteiger partial charge in [0.2, 0.25) is 0 Å². The number of nitrogens with zero attached hydrogens (tertiary/aromatic N) is 1. The monoisotopic (exact) mass is 184 g/mol. The van der Waals surface area contributed by atoms with Crippen LogP contribution in [0.3, 0.4) is 0 Å². The van der Waals surface area contributed by atoms with Gasteiger partial charge in [0.25, 0.3) is 0 Å². The van der Waals surface area contributed by atoms with Gasteiger partial charge in [0, 0.05) is 4.88 Å². The molecule has 1 aromatic heterocycles. The lowest BCUT2D eigenvalue weighted by atomic mass is 10.1. The average molecular weight is 184 g/mol. The van der Waals surface area contributed by atoms with Crippen LogP contribution in [0.2, 0.25) is 0 Å². The Balaban J connectivity index is 2.52. The van der Waals surface area contributed by atoms with E-state index in [0.717, 1.165) is 19.4 Å². The fraction of sp³-hybridized carbons (Fsp3) is 0.667. The minimum Gasteiger partial charge on any atom is -0.330 e. The molecule has 1 rings (SSSR count). The zero-order valence-electron chi connectivity index (χ0n) is 7.71. The third-order valence-electron chi connectivity index (χ3n) is 1.62.